The molecule has 0 saturated carbocycles. The first-order chi connectivity index (χ1) is 15.7. The van der Waals surface area contributed by atoms with E-state index in [-0.39, 0.29) is 17.8 Å². The Bertz CT molecular complexity index is 1130. The third-order valence-electron chi connectivity index (χ3n) is 5.48. The van der Waals surface area contributed by atoms with Crippen molar-refractivity contribution in [1.29, 1.82) is 0 Å². The second-order valence-corrected chi connectivity index (χ2v) is 8.14. The van der Waals surface area contributed by atoms with Crippen molar-refractivity contribution in [3.05, 3.63) is 77.6 Å². The van der Waals surface area contributed by atoms with Crippen molar-refractivity contribution in [2.45, 2.75) is 25.8 Å². The summed E-state index contributed by atoms with van der Waals surface area (Å²) in [6, 6.07) is 18.0. The van der Waals surface area contributed by atoms with Crippen molar-refractivity contribution < 1.29 is 29.7 Å². The number of aliphatic carboxylic acids is 1. The number of H-pyrrole nitrogens is 1. The number of aromatic nitrogens is 2. The maximum Gasteiger partial charge on any atom is 0.356 e. The number of carboxylic acid groups (broad SMARTS) is 2. The number of carboxylic acids is 2. The lowest BCUT2D eigenvalue weighted by Crippen LogP contribution is -2.44. The molecule has 0 aliphatic rings. The maximum absolute atomic E-state index is 12.7. The van der Waals surface area contributed by atoms with E-state index in [1.165, 1.54) is 6.92 Å². The van der Waals surface area contributed by atoms with Crippen LogP contribution in [0.25, 0.3) is 11.1 Å². The molecule has 1 unspecified atom stereocenters. The van der Waals surface area contributed by atoms with E-state index in [0.29, 0.717) is 6.42 Å². The first kappa shape index (κ1) is 23.7. The van der Waals surface area contributed by atoms with Gasteiger partial charge in [0.25, 0.3) is 5.91 Å². The third kappa shape index (κ3) is 5.83. The summed E-state index contributed by atoms with van der Waals surface area (Å²) >= 11 is 0. The number of nitrogens with one attached hydrogen (secondary N) is 2. The first-order valence-electron chi connectivity index (χ1n) is 10.3. The molecule has 2 atom stereocenters. The molecule has 3 aromatic rings. The highest BCUT2D eigenvalue weighted by Crippen LogP contribution is 2.26. The highest BCUT2D eigenvalue weighted by molar-refractivity contribution is 5.95. The van der Waals surface area contributed by atoms with Crippen LogP contribution in [0.3, 0.4) is 0 Å². The average Bonchev–Trinajstić information content (AvgIpc) is 3.31. The number of benzene rings is 2. The molecule has 1 heterocycles. The number of hydrogen-bond acceptors (Lipinski definition) is 5. The topological polar surface area (TPSA) is 153 Å². The molecule has 0 saturated heterocycles. The van der Waals surface area contributed by atoms with E-state index in [0.717, 1.165) is 22.8 Å². The highest BCUT2D eigenvalue weighted by Gasteiger charge is 2.36. The Hall–Kier alpha value is -3.98. The van der Waals surface area contributed by atoms with E-state index < -0.39 is 35.9 Å². The quantitative estimate of drug-likeness (QED) is 0.318. The van der Waals surface area contributed by atoms with Crippen LogP contribution in [0.5, 0.6) is 0 Å². The van der Waals surface area contributed by atoms with Crippen molar-refractivity contribution in [2.75, 3.05) is 6.61 Å². The number of carbonyl (C=O) groups excluding carboxylic acids is 1. The Morgan fingerprint density at radius 2 is 1.67 bits per heavy atom. The van der Waals surface area contributed by atoms with E-state index in [4.69, 9.17) is 5.11 Å². The summed E-state index contributed by atoms with van der Waals surface area (Å²) in [5, 5.41) is 36.9. The number of aliphatic hydroxyl groups is 1. The lowest BCUT2D eigenvalue weighted by molar-refractivity contribution is -0.151. The monoisotopic (exact) mass is 451 g/mol. The SMILES string of the molecule is C[C@](CO)(CC(Cc1ccc(-c2ccccc2)cc1)NC(=O)c1cc(C(=O)O)n[nH]1)C(=O)O. The zero-order valence-corrected chi connectivity index (χ0v) is 18.0. The summed E-state index contributed by atoms with van der Waals surface area (Å²) in [6.07, 6.45) is 0.272. The van der Waals surface area contributed by atoms with Gasteiger partial charge in [0.05, 0.1) is 12.0 Å². The lowest BCUT2D eigenvalue weighted by atomic mass is 9.82. The molecule has 172 valence electrons. The number of hydrogen-bond donors (Lipinski definition) is 5. The van der Waals surface area contributed by atoms with Crippen LogP contribution in [-0.4, -0.2) is 56.0 Å². The fourth-order valence-electron chi connectivity index (χ4n) is 3.50. The van der Waals surface area contributed by atoms with Crippen LogP contribution in [0, 0.1) is 5.41 Å². The molecule has 0 aliphatic heterocycles. The molecule has 0 aliphatic carbocycles. The minimum absolute atomic E-state index is 0.0368. The molecule has 0 bridgehead atoms. The van der Waals surface area contributed by atoms with Gasteiger partial charge in [-0.1, -0.05) is 54.6 Å². The number of nitrogens with zero attached hydrogens (tertiary/aromatic N) is 1. The summed E-state index contributed by atoms with van der Waals surface area (Å²) in [4.78, 5) is 35.4. The first-order valence-corrected chi connectivity index (χ1v) is 10.3. The van der Waals surface area contributed by atoms with Gasteiger partial charge >= 0.3 is 11.9 Å². The molecule has 5 N–H and O–H groups in total. The zero-order chi connectivity index (χ0) is 24.0. The Kier molecular flexibility index (Phi) is 7.24. The summed E-state index contributed by atoms with van der Waals surface area (Å²) in [6.45, 7) is 0.806. The van der Waals surface area contributed by atoms with Gasteiger partial charge in [-0.2, -0.15) is 5.10 Å². The predicted molar refractivity (Wildman–Crippen MR) is 120 cm³/mol. The largest absolute Gasteiger partial charge is 0.481 e. The molecular weight excluding hydrogens is 426 g/mol. The van der Waals surface area contributed by atoms with Crippen LogP contribution in [-0.2, 0) is 11.2 Å². The summed E-state index contributed by atoms with van der Waals surface area (Å²) in [5.41, 5.74) is 1.10. The predicted octanol–water partition coefficient (Wildman–Crippen LogP) is 2.59. The second-order valence-electron chi connectivity index (χ2n) is 8.14. The van der Waals surface area contributed by atoms with E-state index >= 15 is 0 Å². The molecule has 1 aromatic heterocycles. The number of aliphatic hydroxyl groups excluding tert-OH is 1. The Balaban J connectivity index is 1.81. The van der Waals surface area contributed by atoms with Gasteiger partial charge in [0, 0.05) is 12.1 Å². The zero-order valence-electron chi connectivity index (χ0n) is 18.0. The number of carbonyl (C=O) groups is 3. The third-order valence-corrected chi connectivity index (χ3v) is 5.48. The number of aromatic carboxylic acids is 1. The van der Waals surface area contributed by atoms with E-state index in [9.17, 15) is 24.6 Å². The van der Waals surface area contributed by atoms with Crippen molar-refractivity contribution in [2.24, 2.45) is 5.41 Å². The normalized spacial score (nSPS) is 13.6. The van der Waals surface area contributed by atoms with Gasteiger partial charge in [0.2, 0.25) is 0 Å². The van der Waals surface area contributed by atoms with Gasteiger partial charge in [0.15, 0.2) is 5.69 Å². The molecule has 0 fully saturated rings. The summed E-state index contributed by atoms with van der Waals surface area (Å²) in [7, 11) is 0. The number of amides is 1. The Morgan fingerprint density at radius 1 is 1.03 bits per heavy atom. The number of rotatable bonds is 10. The summed E-state index contributed by atoms with van der Waals surface area (Å²) in [5.74, 6) is -3.08. The molecule has 3 rings (SSSR count). The van der Waals surface area contributed by atoms with Crippen LogP contribution >= 0.6 is 0 Å². The standard InChI is InChI=1S/C24H25N3O6/c1-24(14-28,23(32)33)13-18(25-21(29)19-12-20(22(30)31)27-26-19)11-15-7-9-17(10-8-15)16-5-3-2-4-6-16/h2-10,12,18,28H,11,13-14H2,1H3,(H,25,29)(H,26,27)(H,30,31)(H,32,33)/t18?,24-/m1/s1. The molecule has 9 heteroatoms. The van der Waals surface area contributed by atoms with Crippen molar-refractivity contribution in [3.63, 3.8) is 0 Å². The van der Waals surface area contributed by atoms with Crippen LogP contribution < -0.4 is 5.32 Å². The van der Waals surface area contributed by atoms with E-state index in [1.807, 2.05) is 54.6 Å². The molecule has 0 radical (unpaired) electrons. The lowest BCUT2D eigenvalue weighted by Gasteiger charge is -2.28. The average molecular weight is 451 g/mol. The number of aromatic amines is 1. The second kappa shape index (κ2) is 10.1. The minimum Gasteiger partial charge on any atom is -0.481 e. The molecule has 33 heavy (non-hydrogen) atoms. The Labute approximate surface area is 190 Å². The van der Waals surface area contributed by atoms with Crippen molar-refractivity contribution in [1.82, 2.24) is 15.5 Å². The van der Waals surface area contributed by atoms with Crippen molar-refractivity contribution in [3.8, 4) is 11.1 Å². The molecule has 1 amide bonds. The van der Waals surface area contributed by atoms with E-state index in [2.05, 4.69) is 15.5 Å². The van der Waals surface area contributed by atoms with Crippen LogP contribution in [0.4, 0.5) is 0 Å². The van der Waals surface area contributed by atoms with Crippen LogP contribution in [0.1, 0.15) is 39.9 Å². The minimum atomic E-state index is -1.47. The highest BCUT2D eigenvalue weighted by atomic mass is 16.4. The Morgan fingerprint density at radius 3 is 2.21 bits per heavy atom. The van der Waals surface area contributed by atoms with E-state index in [1.54, 1.807) is 0 Å². The molecule has 2 aromatic carbocycles. The smallest absolute Gasteiger partial charge is 0.356 e. The van der Waals surface area contributed by atoms with Gasteiger partial charge in [-0.3, -0.25) is 14.7 Å². The van der Waals surface area contributed by atoms with Gasteiger partial charge in [-0.25, -0.2) is 4.79 Å². The van der Waals surface area contributed by atoms with Gasteiger partial charge in [0.1, 0.15) is 5.69 Å². The summed E-state index contributed by atoms with van der Waals surface area (Å²) < 4.78 is 0. The molecule has 9 nitrogen and oxygen atoms in total. The van der Waals surface area contributed by atoms with Gasteiger partial charge in [-0.15, -0.1) is 0 Å². The van der Waals surface area contributed by atoms with Crippen LogP contribution in [0.15, 0.2) is 60.7 Å². The molecular formula is C24H25N3O6. The fourth-order valence-corrected chi connectivity index (χ4v) is 3.50. The molecule has 0 spiro atoms. The van der Waals surface area contributed by atoms with Gasteiger partial charge in [-0.05, 0) is 36.5 Å². The van der Waals surface area contributed by atoms with Gasteiger partial charge < -0.3 is 20.6 Å². The fraction of sp³-hybridized carbons (Fsp3) is 0.250. The van der Waals surface area contributed by atoms with Crippen molar-refractivity contribution >= 4 is 17.8 Å². The van der Waals surface area contributed by atoms with Crippen LogP contribution in [0.2, 0.25) is 0 Å². The maximum atomic E-state index is 12.7.